The molecule has 3 aromatic rings. The summed E-state index contributed by atoms with van der Waals surface area (Å²) in [7, 11) is -2.49. The minimum Gasteiger partial charge on any atom is -0.497 e. The van der Waals surface area contributed by atoms with E-state index in [2.05, 4.69) is 9.71 Å². The van der Waals surface area contributed by atoms with Crippen LogP contribution in [-0.2, 0) is 10.0 Å². The van der Waals surface area contributed by atoms with Crippen LogP contribution in [0.5, 0.6) is 5.75 Å². The average molecular weight is 433 g/mol. The number of methoxy groups -OCH3 is 1. The van der Waals surface area contributed by atoms with Crippen LogP contribution in [0.2, 0.25) is 0 Å². The van der Waals surface area contributed by atoms with Crippen molar-refractivity contribution in [3.05, 3.63) is 101 Å². The molecule has 6 nitrogen and oxygen atoms in total. The number of ketones is 1. The number of rotatable bonds is 5. The van der Waals surface area contributed by atoms with Gasteiger partial charge in [-0.05, 0) is 55.0 Å². The van der Waals surface area contributed by atoms with E-state index in [4.69, 9.17) is 4.74 Å². The number of hydrogen-bond acceptors (Lipinski definition) is 5. The van der Waals surface area contributed by atoms with Crippen LogP contribution in [-0.4, -0.2) is 27.0 Å². The Morgan fingerprint density at radius 2 is 1.61 bits per heavy atom. The first-order chi connectivity index (χ1) is 14.9. The summed E-state index contributed by atoms with van der Waals surface area (Å²) in [6.07, 6.45) is 1.48. The van der Waals surface area contributed by atoms with E-state index in [0.717, 1.165) is 11.3 Å². The van der Waals surface area contributed by atoms with Crippen molar-refractivity contribution in [3.63, 3.8) is 0 Å². The van der Waals surface area contributed by atoms with Gasteiger partial charge >= 0.3 is 0 Å². The smallest absolute Gasteiger partial charge is 0.282 e. The molecular formula is C24H20N2O4S. The van der Waals surface area contributed by atoms with Gasteiger partial charge < -0.3 is 10.1 Å². The fraction of sp³-hybridized carbons (Fsp3) is 0.0833. The molecule has 0 radical (unpaired) electrons. The standard InChI is InChI=1S/C24H20N2O4S/c1-16-6-5-7-17(14-16)25-23-15-22(20-8-3-4-9-21(20)24(23)27)26-31(28,29)19-12-10-18(30-2)11-13-19/h3-15,25H,1-2H3/b26-22-. The average Bonchev–Trinajstić information content (AvgIpc) is 2.77. The van der Waals surface area contributed by atoms with Gasteiger partial charge in [-0.15, -0.1) is 0 Å². The molecular weight excluding hydrogens is 412 g/mol. The monoisotopic (exact) mass is 432 g/mol. The minimum absolute atomic E-state index is 0.0387. The van der Waals surface area contributed by atoms with Crippen LogP contribution in [0.1, 0.15) is 21.5 Å². The molecule has 0 amide bonds. The number of benzene rings is 3. The van der Waals surface area contributed by atoms with Crippen molar-refractivity contribution in [1.82, 2.24) is 0 Å². The number of aryl methyl sites for hydroxylation is 1. The van der Waals surface area contributed by atoms with Crippen LogP contribution >= 0.6 is 0 Å². The predicted molar refractivity (Wildman–Crippen MR) is 120 cm³/mol. The highest BCUT2D eigenvalue weighted by atomic mass is 32.2. The zero-order valence-corrected chi connectivity index (χ0v) is 17.8. The first-order valence-electron chi connectivity index (χ1n) is 9.56. The highest BCUT2D eigenvalue weighted by Gasteiger charge is 2.26. The van der Waals surface area contributed by atoms with E-state index in [1.165, 1.54) is 25.3 Å². The molecule has 0 aromatic heterocycles. The van der Waals surface area contributed by atoms with E-state index in [-0.39, 0.29) is 22.1 Å². The third-order valence-electron chi connectivity index (χ3n) is 4.85. The van der Waals surface area contributed by atoms with Gasteiger partial charge in [0.25, 0.3) is 10.0 Å². The van der Waals surface area contributed by atoms with E-state index >= 15 is 0 Å². The number of allylic oxidation sites excluding steroid dienone is 2. The first kappa shape index (κ1) is 20.6. The van der Waals surface area contributed by atoms with E-state index in [1.807, 2.05) is 31.2 Å². The molecule has 0 heterocycles. The third kappa shape index (κ3) is 4.27. The molecule has 0 fully saturated rings. The molecule has 1 N–H and O–H groups in total. The lowest BCUT2D eigenvalue weighted by Crippen LogP contribution is -2.22. The van der Waals surface area contributed by atoms with Crippen LogP contribution in [0.15, 0.2) is 93.9 Å². The van der Waals surface area contributed by atoms with Gasteiger partial charge in [0.05, 0.1) is 23.4 Å². The van der Waals surface area contributed by atoms with Crippen molar-refractivity contribution >= 4 is 27.2 Å². The van der Waals surface area contributed by atoms with Gasteiger partial charge in [0.2, 0.25) is 5.78 Å². The Labute approximate surface area is 181 Å². The third-order valence-corrected chi connectivity index (χ3v) is 6.15. The fourth-order valence-corrected chi connectivity index (χ4v) is 4.30. The number of hydrogen-bond donors (Lipinski definition) is 1. The number of nitrogens with zero attached hydrogens (tertiary/aromatic N) is 1. The van der Waals surface area contributed by atoms with Crippen molar-refractivity contribution in [2.24, 2.45) is 4.40 Å². The summed E-state index contributed by atoms with van der Waals surface area (Å²) in [4.78, 5) is 13.0. The number of nitrogens with one attached hydrogen (secondary N) is 1. The Kier molecular flexibility index (Phi) is 5.44. The van der Waals surface area contributed by atoms with E-state index in [1.54, 1.807) is 36.4 Å². The summed E-state index contributed by atoms with van der Waals surface area (Å²) in [6, 6.07) is 20.4. The van der Waals surface area contributed by atoms with Gasteiger partial charge in [-0.3, -0.25) is 4.79 Å². The molecule has 1 aliphatic carbocycles. The van der Waals surface area contributed by atoms with Gasteiger partial charge in [-0.1, -0.05) is 36.4 Å². The molecule has 3 aromatic carbocycles. The molecule has 0 bridgehead atoms. The van der Waals surface area contributed by atoms with Crippen molar-refractivity contribution in [2.45, 2.75) is 11.8 Å². The highest BCUT2D eigenvalue weighted by Crippen LogP contribution is 2.26. The van der Waals surface area contributed by atoms with Crippen LogP contribution in [0.25, 0.3) is 0 Å². The molecule has 1 aliphatic rings. The summed E-state index contributed by atoms with van der Waals surface area (Å²) >= 11 is 0. The lowest BCUT2D eigenvalue weighted by molar-refractivity contribution is 0.103. The van der Waals surface area contributed by atoms with E-state index < -0.39 is 10.0 Å². The second kappa shape index (κ2) is 8.20. The second-order valence-electron chi connectivity index (χ2n) is 7.05. The van der Waals surface area contributed by atoms with Gasteiger partial charge in [0.15, 0.2) is 0 Å². The highest BCUT2D eigenvalue weighted by molar-refractivity contribution is 7.90. The molecule has 7 heteroatoms. The lowest BCUT2D eigenvalue weighted by atomic mass is 9.92. The zero-order valence-electron chi connectivity index (χ0n) is 17.0. The summed E-state index contributed by atoms with van der Waals surface area (Å²) in [6.45, 7) is 1.95. The lowest BCUT2D eigenvalue weighted by Gasteiger charge is -2.19. The van der Waals surface area contributed by atoms with E-state index in [0.29, 0.717) is 16.9 Å². The summed E-state index contributed by atoms with van der Waals surface area (Å²) < 4.78 is 35.0. The molecule has 0 saturated carbocycles. The van der Waals surface area contributed by atoms with Gasteiger partial charge in [-0.25, -0.2) is 0 Å². The van der Waals surface area contributed by atoms with Crippen molar-refractivity contribution < 1.29 is 17.9 Å². The minimum atomic E-state index is -4.00. The molecule has 31 heavy (non-hydrogen) atoms. The Balaban J connectivity index is 1.79. The molecule has 4 rings (SSSR count). The molecule has 0 atom stereocenters. The van der Waals surface area contributed by atoms with Gasteiger partial charge in [0, 0.05) is 16.8 Å². The Morgan fingerprint density at radius 3 is 2.29 bits per heavy atom. The number of sulfonamides is 1. The quantitative estimate of drug-likeness (QED) is 0.647. The topological polar surface area (TPSA) is 84.8 Å². The largest absolute Gasteiger partial charge is 0.497 e. The molecule has 0 saturated heterocycles. The van der Waals surface area contributed by atoms with Gasteiger partial charge in [0.1, 0.15) is 5.75 Å². The van der Waals surface area contributed by atoms with Crippen LogP contribution in [0.4, 0.5) is 5.69 Å². The Morgan fingerprint density at radius 1 is 0.903 bits per heavy atom. The Hall–Kier alpha value is -3.71. The number of Topliss-reactive ketones (excluding diaryl/α,β-unsaturated/α-hetero) is 1. The Bertz CT molecular complexity index is 1320. The van der Waals surface area contributed by atoms with Crippen LogP contribution in [0, 0.1) is 6.92 Å². The first-order valence-corrected chi connectivity index (χ1v) is 11.0. The maximum Gasteiger partial charge on any atom is 0.282 e. The number of fused-ring (bicyclic) bond motifs is 1. The van der Waals surface area contributed by atoms with Crippen LogP contribution in [0.3, 0.4) is 0 Å². The molecule has 0 aliphatic heterocycles. The second-order valence-corrected chi connectivity index (χ2v) is 8.66. The van der Waals surface area contributed by atoms with Gasteiger partial charge in [-0.2, -0.15) is 12.8 Å². The maximum absolute atomic E-state index is 13.0. The van der Waals surface area contributed by atoms with Crippen molar-refractivity contribution in [2.75, 3.05) is 12.4 Å². The normalized spacial score (nSPS) is 14.7. The molecule has 0 spiro atoms. The summed E-state index contributed by atoms with van der Waals surface area (Å²) in [5, 5.41) is 3.10. The molecule has 0 unspecified atom stereocenters. The number of ether oxygens (including phenoxy) is 1. The number of carbonyl (C=O) groups is 1. The van der Waals surface area contributed by atoms with E-state index in [9.17, 15) is 13.2 Å². The van der Waals surface area contributed by atoms with Crippen molar-refractivity contribution in [3.8, 4) is 5.75 Å². The fourth-order valence-electron chi connectivity index (χ4n) is 3.31. The zero-order chi connectivity index (χ0) is 22.0. The predicted octanol–water partition coefficient (Wildman–Crippen LogP) is 4.37. The molecule has 156 valence electrons. The SMILES string of the molecule is COc1ccc(S(=O)(=O)/N=C2/C=C(Nc3cccc(C)c3)C(=O)c3ccccc32)cc1. The summed E-state index contributed by atoms with van der Waals surface area (Å²) in [5.74, 6) is 0.322. The van der Waals surface area contributed by atoms with Crippen LogP contribution < -0.4 is 10.1 Å². The van der Waals surface area contributed by atoms with Crippen molar-refractivity contribution in [1.29, 1.82) is 0 Å². The maximum atomic E-state index is 13.0. The number of anilines is 1. The number of carbonyl (C=O) groups excluding carboxylic acids is 1. The summed E-state index contributed by atoms with van der Waals surface area (Å²) in [5.41, 5.74) is 3.08.